The zero-order valence-electron chi connectivity index (χ0n) is 30.7. The number of carboxylic acids is 2. The maximum absolute atomic E-state index is 12.7. The van der Waals surface area contributed by atoms with Crippen LogP contribution in [0.25, 0.3) is 0 Å². The standard InChI is InChI=1S/C34H60N2O16S/c1-4-5-6-7-8-9-10-11-12-13-14-53-34(32(48)49)16-22(42)26(36-20(3)40)30(52-34)28(45)24(18-38)50-33(31(46)47)15-21(41)25(35-19(2)39)29(51-33)27(44)23(43)17-37/h21-30,37-38,41-45H,4-18H2,1-3H3,(H,35,39)(H,36,40)(H,46,47)(H,48,49)/t21-,22-,23+,24+,25+,26+,27+,28+,29+,30+,33+,34-/m0/s1. The van der Waals surface area contributed by atoms with Crippen molar-refractivity contribution in [1.82, 2.24) is 10.6 Å². The van der Waals surface area contributed by atoms with Crippen LogP contribution in [0.15, 0.2) is 0 Å². The molecule has 2 aliphatic rings. The summed E-state index contributed by atoms with van der Waals surface area (Å²) in [6.45, 7) is 2.12. The molecule has 2 aliphatic heterocycles. The van der Waals surface area contributed by atoms with Crippen LogP contribution in [-0.4, -0.2) is 160 Å². The number of ether oxygens (including phenoxy) is 3. The lowest BCUT2D eigenvalue weighted by Gasteiger charge is -2.49. The highest BCUT2D eigenvalue weighted by atomic mass is 32.2. The predicted molar refractivity (Wildman–Crippen MR) is 188 cm³/mol. The molecule has 0 aromatic rings. The summed E-state index contributed by atoms with van der Waals surface area (Å²) in [4.78, 5) is 47.3. The van der Waals surface area contributed by atoms with Crippen molar-refractivity contribution in [1.29, 1.82) is 0 Å². The maximum Gasteiger partial charge on any atom is 0.364 e. The molecule has 2 heterocycles. The van der Waals surface area contributed by atoms with Gasteiger partial charge in [0.05, 0.1) is 37.5 Å². The lowest BCUT2D eigenvalue weighted by atomic mass is 9.87. The van der Waals surface area contributed by atoms with E-state index in [9.17, 15) is 65.1 Å². The summed E-state index contributed by atoms with van der Waals surface area (Å²) in [7, 11) is 0. The smallest absolute Gasteiger partial charge is 0.364 e. The van der Waals surface area contributed by atoms with Crippen molar-refractivity contribution in [2.75, 3.05) is 19.0 Å². The molecular weight excluding hydrogens is 724 g/mol. The molecule has 2 fully saturated rings. The molecule has 19 heteroatoms. The minimum Gasteiger partial charge on any atom is -0.478 e. The highest BCUT2D eigenvalue weighted by molar-refractivity contribution is 8.01. The van der Waals surface area contributed by atoms with Crippen LogP contribution in [0, 0.1) is 0 Å². The van der Waals surface area contributed by atoms with E-state index in [0.717, 1.165) is 57.7 Å². The number of hydrogen-bond donors (Lipinski definition) is 11. The second-order valence-electron chi connectivity index (χ2n) is 13.9. The molecule has 53 heavy (non-hydrogen) atoms. The van der Waals surface area contributed by atoms with Gasteiger partial charge in [0.2, 0.25) is 16.7 Å². The Balaban J connectivity index is 2.32. The van der Waals surface area contributed by atoms with Crippen LogP contribution in [0.2, 0.25) is 0 Å². The van der Waals surface area contributed by atoms with Gasteiger partial charge in [-0.3, -0.25) is 9.59 Å². The summed E-state index contributed by atoms with van der Waals surface area (Å²) in [5.41, 5.74) is 0. The first-order valence-corrected chi connectivity index (χ1v) is 19.3. The first kappa shape index (κ1) is 47.0. The molecule has 2 saturated heterocycles. The second-order valence-corrected chi connectivity index (χ2v) is 15.2. The van der Waals surface area contributed by atoms with Crippen LogP contribution in [0.4, 0.5) is 0 Å². The minimum absolute atomic E-state index is 0.301. The number of hydrogen-bond acceptors (Lipinski definition) is 15. The lowest BCUT2D eigenvalue weighted by molar-refractivity contribution is -0.336. The Kier molecular flexibility index (Phi) is 19.9. The van der Waals surface area contributed by atoms with Crippen LogP contribution in [-0.2, 0) is 33.4 Å². The second kappa shape index (κ2) is 22.4. The molecule has 0 saturated carbocycles. The van der Waals surface area contributed by atoms with E-state index in [4.69, 9.17) is 14.2 Å². The molecule has 0 aliphatic carbocycles. The average Bonchev–Trinajstić information content (AvgIpc) is 3.10. The Morgan fingerprint density at radius 1 is 0.736 bits per heavy atom. The van der Waals surface area contributed by atoms with E-state index in [0.29, 0.717) is 12.2 Å². The van der Waals surface area contributed by atoms with Crippen LogP contribution < -0.4 is 10.6 Å². The van der Waals surface area contributed by atoms with Crippen molar-refractivity contribution in [2.45, 2.75) is 169 Å². The number of amides is 2. The normalized spacial score (nSPS) is 31.2. The first-order valence-electron chi connectivity index (χ1n) is 18.3. The van der Waals surface area contributed by atoms with Crippen LogP contribution in [0.3, 0.4) is 0 Å². The number of carbonyl (C=O) groups is 4. The van der Waals surface area contributed by atoms with Crippen molar-refractivity contribution in [3.05, 3.63) is 0 Å². The molecule has 2 rings (SSSR count). The molecule has 11 N–H and O–H groups in total. The number of nitrogens with one attached hydrogen (secondary N) is 2. The van der Waals surface area contributed by atoms with Gasteiger partial charge in [-0.1, -0.05) is 64.7 Å². The van der Waals surface area contributed by atoms with Gasteiger partial charge in [0, 0.05) is 26.7 Å². The Hall–Kier alpha value is -2.17. The van der Waals surface area contributed by atoms with Crippen molar-refractivity contribution < 1.29 is 79.3 Å². The molecule has 0 bridgehead atoms. The number of unbranched alkanes of at least 4 members (excludes halogenated alkanes) is 9. The fourth-order valence-corrected chi connectivity index (χ4v) is 7.97. The summed E-state index contributed by atoms with van der Waals surface area (Å²) in [5, 5.41) is 99.7. The summed E-state index contributed by atoms with van der Waals surface area (Å²) >= 11 is 0.882. The number of carbonyl (C=O) groups excluding carboxylic acids is 2. The number of thioether (sulfide) groups is 1. The van der Waals surface area contributed by atoms with E-state index in [-0.39, 0.29) is 0 Å². The number of carboxylic acid groups (broad SMARTS) is 2. The van der Waals surface area contributed by atoms with E-state index in [1.54, 1.807) is 0 Å². The van der Waals surface area contributed by atoms with Gasteiger partial charge < -0.3 is 70.8 Å². The van der Waals surface area contributed by atoms with Crippen LogP contribution in [0.5, 0.6) is 0 Å². The topological polar surface area (TPSA) is 302 Å². The highest BCUT2D eigenvalue weighted by Gasteiger charge is 2.59. The van der Waals surface area contributed by atoms with E-state index in [2.05, 4.69) is 17.6 Å². The summed E-state index contributed by atoms with van der Waals surface area (Å²) in [6, 6.07) is -3.00. The molecule has 0 aromatic carbocycles. The van der Waals surface area contributed by atoms with Gasteiger partial charge in [-0.15, -0.1) is 11.8 Å². The van der Waals surface area contributed by atoms with E-state index < -0.39 is 121 Å². The third-order valence-corrected chi connectivity index (χ3v) is 10.9. The molecule has 0 unspecified atom stereocenters. The Morgan fingerprint density at radius 3 is 1.68 bits per heavy atom. The fourth-order valence-electron chi connectivity index (χ4n) is 6.70. The Morgan fingerprint density at radius 2 is 1.23 bits per heavy atom. The average molecular weight is 785 g/mol. The van der Waals surface area contributed by atoms with Gasteiger partial charge in [-0.2, -0.15) is 0 Å². The van der Waals surface area contributed by atoms with Crippen LogP contribution in [0.1, 0.15) is 97.8 Å². The van der Waals surface area contributed by atoms with Gasteiger partial charge >= 0.3 is 11.9 Å². The van der Waals surface area contributed by atoms with Gasteiger partial charge in [0.1, 0.15) is 36.6 Å². The Bertz CT molecular complexity index is 1170. The minimum atomic E-state index is -2.99. The molecule has 0 radical (unpaired) electrons. The number of aliphatic hydroxyl groups is 7. The SMILES string of the molecule is CCCCCCCCCCCCS[C@]1(C(=O)O)C[C@H](O)[C@@H](NC(C)=O)[C@H]([C@H](O)[C@@H](CO)O[C@]2(C(=O)O)C[C@H](O)[C@@H](NC(C)=O)[C@H]([C@H](O)[C@H](O)CO)O2)O1. The van der Waals surface area contributed by atoms with Gasteiger partial charge in [0.25, 0.3) is 5.79 Å². The monoisotopic (exact) mass is 784 g/mol. The zero-order valence-corrected chi connectivity index (χ0v) is 31.5. The molecule has 12 atom stereocenters. The molecule has 0 aromatic heterocycles. The third kappa shape index (κ3) is 13.2. The Labute approximate surface area is 313 Å². The fraction of sp³-hybridized carbons (Fsp3) is 0.882. The van der Waals surface area contributed by atoms with Crippen molar-refractivity contribution >= 4 is 35.5 Å². The van der Waals surface area contributed by atoms with Crippen molar-refractivity contribution in [3.8, 4) is 0 Å². The molecule has 2 amide bonds. The number of aliphatic hydroxyl groups excluding tert-OH is 7. The summed E-state index contributed by atoms with van der Waals surface area (Å²) < 4.78 is 17.2. The van der Waals surface area contributed by atoms with Gasteiger partial charge in [0.15, 0.2) is 0 Å². The lowest BCUT2D eigenvalue weighted by Crippen LogP contribution is -2.70. The van der Waals surface area contributed by atoms with Crippen molar-refractivity contribution in [2.24, 2.45) is 0 Å². The van der Waals surface area contributed by atoms with Crippen molar-refractivity contribution in [3.63, 3.8) is 0 Å². The summed E-state index contributed by atoms with van der Waals surface area (Å²) in [6.07, 6.45) is -6.38. The molecule has 0 spiro atoms. The zero-order chi connectivity index (χ0) is 39.9. The first-order chi connectivity index (χ1) is 25.0. The summed E-state index contributed by atoms with van der Waals surface area (Å²) in [5.74, 6) is -7.54. The number of aliphatic carboxylic acids is 2. The van der Waals surface area contributed by atoms with Crippen LogP contribution >= 0.6 is 11.8 Å². The number of rotatable bonds is 24. The maximum atomic E-state index is 12.7. The van der Waals surface area contributed by atoms with E-state index in [1.165, 1.54) is 25.7 Å². The quantitative estimate of drug-likeness (QED) is 0.0521. The molecule has 308 valence electrons. The van der Waals surface area contributed by atoms with Gasteiger partial charge in [-0.25, -0.2) is 9.59 Å². The van der Waals surface area contributed by atoms with E-state index in [1.807, 2.05) is 0 Å². The molecular formula is C34H60N2O16S. The predicted octanol–water partition coefficient (Wildman–Crippen LogP) is -1.04. The largest absolute Gasteiger partial charge is 0.478 e. The van der Waals surface area contributed by atoms with Gasteiger partial charge in [-0.05, 0) is 12.2 Å². The third-order valence-electron chi connectivity index (χ3n) is 9.53. The van der Waals surface area contributed by atoms with E-state index >= 15 is 0 Å². The highest BCUT2D eigenvalue weighted by Crippen LogP contribution is 2.42. The molecule has 18 nitrogen and oxygen atoms in total.